The second-order valence-corrected chi connectivity index (χ2v) is 1.69. The van der Waals surface area contributed by atoms with E-state index in [9.17, 15) is 9.59 Å². The number of carbonyl (C=O) groups is 2. The van der Waals surface area contributed by atoms with Crippen LogP contribution in [0.2, 0.25) is 0 Å². The summed E-state index contributed by atoms with van der Waals surface area (Å²) in [6.45, 7) is 2.29. The third-order valence-electron chi connectivity index (χ3n) is 0.854. The average molecular weight is 160 g/mol. The van der Waals surface area contributed by atoms with E-state index in [1.807, 2.05) is 0 Å². The Kier molecular flexibility index (Phi) is 4.63. The fourth-order valence-electron chi connectivity index (χ4n) is 0.381. The first-order valence-corrected chi connectivity index (χ1v) is 3.22. The molecule has 4 N–H and O–H groups in total. The molecule has 0 unspecified atom stereocenters. The van der Waals surface area contributed by atoms with Crippen LogP contribution in [-0.4, -0.2) is 25.7 Å². The minimum Gasteiger partial charge on any atom is -0.340 e. The van der Waals surface area contributed by atoms with Crippen molar-refractivity contribution in [3.8, 4) is 0 Å². The SMILES string of the molecule is CCNC(=O)NNC(=O)NC. The molecule has 0 rings (SSSR count). The minimum absolute atomic E-state index is 0.434. The molecule has 0 aromatic rings. The van der Waals surface area contributed by atoms with Gasteiger partial charge in [0.2, 0.25) is 0 Å². The molecule has 11 heavy (non-hydrogen) atoms. The van der Waals surface area contributed by atoms with E-state index in [0.29, 0.717) is 6.54 Å². The molecule has 0 fully saturated rings. The van der Waals surface area contributed by atoms with E-state index < -0.39 is 12.1 Å². The average Bonchev–Trinajstić information content (AvgIpc) is 2.01. The highest BCUT2D eigenvalue weighted by Gasteiger charge is 1.97. The van der Waals surface area contributed by atoms with Crippen LogP contribution >= 0.6 is 0 Å². The lowest BCUT2D eigenvalue weighted by molar-refractivity contribution is 0.225. The van der Waals surface area contributed by atoms with Crippen LogP contribution in [0, 0.1) is 0 Å². The summed E-state index contributed by atoms with van der Waals surface area (Å²) < 4.78 is 0. The summed E-state index contributed by atoms with van der Waals surface area (Å²) in [5.41, 5.74) is 4.23. The normalized spacial score (nSPS) is 8.18. The van der Waals surface area contributed by atoms with Crippen molar-refractivity contribution in [2.45, 2.75) is 6.92 Å². The van der Waals surface area contributed by atoms with Crippen LogP contribution in [0.25, 0.3) is 0 Å². The van der Waals surface area contributed by atoms with Gasteiger partial charge in [-0.3, -0.25) is 0 Å². The summed E-state index contributed by atoms with van der Waals surface area (Å²) in [5, 5.41) is 4.70. The van der Waals surface area contributed by atoms with Gasteiger partial charge < -0.3 is 10.6 Å². The van der Waals surface area contributed by atoms with E-state index in [0.717, 1.165) is 0 Å². The van der Waals surface area contributed by atoms with E-state index >= 15 is 0 Å². The number of urea groups is 2. The van der Waals surface area contributed by atoms with Crippen LogP contribution in [0.4, 0.5) is 9.59 Å². The first-order chi connectivity index (χ1) is 5.20. The smallest absolute Gasteiger partial charge is 0.333 e. The Morgan fingerprint density at radius 1 is 1.18 bits per heavy atom. The van der Waals surface area contributed by atoms with Gasteiger partial charge in [0.1, 0.15) is 0 Å². The first kappa shape index (κ1) is 9.54. The van der Waals surface area contributed by atoms with E-state index in [2.05, 4.69) is 21.5 Å². The fraction of sp³-hybridized carbons (Fsp3) is 0.600. The number of hydrazine groups is 1. The molecular formula is C5H12N4O2. The molecule has 0 saturated heterocycles. The van der Waals surface area contributed by atoms with Crippen LogP contribution < -0.4 is 21.5 Å². The topological polar surface area (TPSA) is 82.3 Å². The van der Waals surface area contributed by atoms with Gasteiger partial charge in [0, 0.05) is 13.6 Å². The largest absolute Gasteiger partial charge is 0.340 e. The van der Waals surface area contributed by atoms with E-state index in [4.69, 9.17) is 0 Å². The highest BCUT2D eigenvalue weighted by atomic mass is 16.2. The zero-order valence-corrected chi connectivity index (χ0v) is 6.52. The molecule has 0 saturated carbocycles. The highest BCUT2D eigenvalue weighted by Crippen LogP contribution is 1.60. The summed E-state index contributed by atoms with van der Waals surface area (Å²) in [6.07, 6.45) is 0. The van der Waals surface area contributed by atoms with Crippen LogP contribution in [0.1, 0.15) is 6.92 Å². The Labute approximate surface area is 64.7 Å². The van der Waals surface area contributed by atoms with Gasteiger partial charge in [-0.2, -0.15) is 0 Å². The van der Waals surface area contributed by atoms with Gasteiger partial charge in [-0.1, -0.05) is 0 Å². The predicted octanol–water partition coefficient (Wildman–Crippen LogP) is -0.850. The lowest BCUT2D eigenvalue weighted by Crippen LogP contribution is -2.49. The van der Waals surface area contributed by atoms with Gasteiger partial charge in [-0.25, -0.2) is 20.4 Å². The van der Waals surface area contributed by atoms with Crippen molar-refractivity contribution in [2.24, 2.45) is 0 Å². The lowest BCUT2D eigenvalue weighted by atomic mass is 10.7. The second kappa shape index (κ2) is 5.33. The maximum absolute atomic E-state index is 10.6. The van der Waals surface area contributed by atoms with Crippen LogP contribution in [-0.2, 0) is 0 Å². The standard InChI is InChI=1S/C5H12N4O2/c1-3-7-5(11)9-8-4(10)6-2/h3H2,1-2H3,(H2,6,8,10)(H2,7,9,11). The maximum Gasteiger partial charge on any atom is 0.333 e. The Hall–Kier alpha value is -1.46. The van der Waals surface area contributed by atoms with Crippen molar-refractivity contribution in [3.05, 3.63) is 0 Å². The second-order valence-electron chi connectivity index (χ2n) is 1.69. The molecule has 0 spiro atoms. The molecule has 64 valence electrons. The van der Waals surface area contributed by atoms with Crippen LogP contribution in [0.15, 0.2) is 0 Å². The van der Waals surface area contributed by atoms with Crippen molar-refractivity contribution in [1.82, 2.24) is 21.5 Å². The monoisotopic (exact) mass is 160 g/mol. The van der Waals surface area contributed by atoms with Crippen LogP contribution in [0.5, 0.6) is 0 Å². The van der Waals surface area contributed by atoms with Crippen LogP contribution in [0.3, 0.4) is 0 Å². The molecular weight excluding hydrogens is 148 g/mol. The number of amides is 4. The third-order valence-corrected chi connectivity index (χ3v) is 0.854. The number of hydrogen-bond donors (Lipinski definition) is 4. The minimum atomic E-state index is -0.462. The molecule has 0 aromatic carbocycles. The molecule has 0 aliphatic heterocycles. The molecule has 0 heterocycles. The maximum atomic E-state index is 10.6. The summed E-state index contributed by atoms with van der Waals surface area (Å²) in [7, 11) is 1.45. The van der Waals surface area contributed by atoms with Gasteiger partial charge in [0.15, 0.2) is 0 Å². The van der Waals surface area contributed by atoms with Gasteiger partial charge in [-0.05, 0) is 6.92 Å². The number of hydrogen-bond acceptors (Lipinski definition) is 2. The molecule has 0 atom stereocenters. The Morgan fingerprint density at radius 3 is 2.18 bits per heavy atom. The van der Waals surface area contributed by atoms with Gasteiger partial charge in [0.05, 0.1) is 0 Å². The molecule has 4 amide bonds. The zero-order valence-electron chi connectivity index (χ0n) is 6.52. The van der Waals surface area contributed by atoms with Gasteiger partial charge in [0.25, 0.3) is 0 Å². The predicted molar refractivity (Wildman–Crippen MR) is 39.8 cm³/mol. The van der Waals surface area contributed by atoms with Crippen molar-refractivity contribution < 1.29 is 9.59 Å². The number of carbonyl (C=O) groups excluding carboxylic acids is 2. The molecule has 0 aromatic heterocycles. The molecule has 0 aliphatic rings. The highest BCUT2D eigenvalue weighted by molar-refractivity contribution is 5.79. The van der Waals surface area contributed by atoms with Crippen molar-refractivity contribution in [3.63, 3.8) is 0 Å². The summed E-state index contributed by atoms with van der Waals surface area (Å²) in [6, 6.07) is -0.896. The zero-order chi connectivity index (χ0) is 8.69. The summed E-state index contributed by atoms with van der Waals surface area (Å²) in [4.78, 5) is 21.1. The fourth-order valence-corrected chi connectivity index (χ4v) is 0.381. The summed E-state index contributed by atoms with van der Waals surface area (Å²) in [5.74, 6) is 0. The lowest BCUT2D eigenvalue weighted by Gasteiger charge is -2.05. The Morgan fingerprint density at radius 2 is 1.73 bits per heavy atom. The molecule has 6 nitrogen and oxygen atoms in total. The number of rotatable bonds is 1. The van der Waals surface area contributed by atoms with Gasteiger partial charge in [-0.15, -0.1) is 0 Å². The molecule has 0 bridgehead atoms. The third kappa shape index (κ3) is 5.01. The van der Waals surface area contributed by atoms with Crippen molar-refractivity contribution in [2.75, 3.05) is 13.6 Å². The molecule has 0 aliphatic carbocycles. The van der Waals surface area contributed by atoms with Gasteiger partial charge >= 0.3 is 12.1 Å². The summed E-state index contributed by atoms with van der Waals surface area (Å²) >= 11 is 0. The quantitative estimate of drug-likeness (QED) is 0.377. The van der Waals surface area contributed by atoms with E-state index in [-0.39, 0.29) is 0 Å². The van der Waals surface area contributed by atoms with Crippen molar-refractivity contribution >= 4 is 12.1 Å². The molecule has 6 heteroatoms. The van der Waals surface area contributed by atoms with E-state index in [1.54, 1.807) is 6.92 Å². The van der Waals surface area contributed by atoms with Crippen molar-refractivity contribution in [1.29, 1.82) is 0 Å². The first-order valence-electron chi connectivity index (χ1n) is 3.22. The number of nitrogens with one attached hydrogen (secondary N) is 4. The molecule has 0 radical (unpaired) electrons. The Balaban J connectivity index is 3.38. The van der Waals surface area contributed by atoms with E-state index in [1.165, 1.54) is 7.05 Å². The Bertz CT molecular complexity index is 147.